The second-order valence-electron chi connectivity index (χ2n) is 3.48. The Morgan fingerprint density at radius 2 is 2.25 bits per heavy atom. The van der Waals surface area contributed by atoms with Crippen molar-refractivity contribution in [2.45, 2.75) is 13.8 Å². The molecule has 0 bridgehead atoms. The van der Waals surface area contributed by atoms with Crippen LogP contribution in [0.5, 0.6) is 0 Å². The van der Waals surface area contributed by atoms with E-state index in [4.69, 9.17) is 6.42 Å². The summed E-state index contributed by atoms with van der Waals surface area (Å²) in [6.07, 6.45) is 6.95. The van der Waals surface area contributed by atoms with Crippen LogP contribution in [0.1, 0.15) is 17.2 Å². The quantitative estimate of drug-likeness (QED) is 0.723. The summed E-state index contributed by atoms with van der Waals surface area (Å²) in [5, 5.41) is 0. The maximum atomic E-state index is 11.2. The minimum absolute atomic E-state index is 0.146. The molecule has 0 radical (unpaired) electrons. The smallest absolute Gasteiger partial charge is 0.250 e. The van der Waals surface area contributed by atoms with Crippen LogP contribution in [0.25, 0.3) is 5.69 Å². The summed E-state index contributed by atoms with van der Waals surface area (Å²) >= 11 is 0. The van der Waals surface area contributed by atoms with Gasteiger partial charge in [0.1, 0.15) is 11.5 Å². The minimum Gasteiger partial charge on any atom is -0.329 e. The number of aromatic nitrogens is 3. The molecule has 2 aromatic heterocycles. The largest absolute Gasteiger partial charge is 0.329 e. The number of hydrogen-bond donors (Lipinski definition) is 1. The molecular formula is C12H11N3O. The van der Waals surface area contributed by atoms with E-state index in [2.05, 4.69) is 15.9 Å². The molecule has 0 fully saturated rings. The zero-order valence-corrected chi connectivity index (χ0v) is 9.11. The lowest BCUT2D eigenvalue weighted by Crippen LogP contribution is -2.07. The molecule has 0 unspecified atom stereocenters. The van der Waals surface area contributed by atoms with Gasteiger partial charge >= 0.3 is 0 Å². The summed E-state index contributed by atoms with van der Waals surface area (Å²) in [6, 6.07) is 3.32. The average Bonchev–Trinajstić information content (AvgIpc) is 2.53. The Morgan fingerprint density at radius 1 is 1.50 bits per heavy atom. The minimum atomic E-state index is -0.146. The zero-order valence-electron chi connectivity index (χ0n) is 9.11. The Morgan fingerprint density at radius 3 is 2.81 bits per heavy atom. The van der Waals surface area contributed by atoms with Gasteiger partial charge in [0.15, 0.2) is 0 Å². The maximum Gasteiger partial charge on any atom is 0.250 e. The highest BCUT2D eigenvalue weighted by Crippen LogP contribution is 2.15. The Balaban J connectivity index is 2.70. The molecule has 4 nitrogen and oxygen atoms in total. The van der Waals surface area contributed by atoms with Crippen molar-refractivity contribution in [2.24, 2.45) is 0 Å². The van der Waals surface area contributed by atoms with Crippen molar-refractivity contribution in [1.82, 2.24) is 14.5 Å². The van der Waals surface area contributed by atoms with Gasteiger partial charge in [-0.1, -0.05) is 0 Å². The molecule has 2 aromatic rings. The van der Waals surface area contributed by atoms with Crippen molar-refractivity contribution in [3.8, 4) is 18.0 Å². The van der Waals surface area contributed by atoms with Crippen molar-refractivity contribution in [1.29, 1.82) is 0 Å². The second-order valence-corrected chi connectivity index (χ2v) is 3.48. The normalized spacial score (nSPS) is 10.1. The third-order valence-electron chi connectivity index (χ3n) is 2.43. The fourth-order valence-corrected chi connectivity index (χ4v) is 1.73. The number of pyridine rings is 1. The van der Waals surface area contributed by atoms with Crippen LogP contribution >= 0.6 is 0 Å². The zero-order chi connectivity index (χ0) is 11.7. The monoisotopic (exact) mass is 213 g/mol. The molecule has 0 saturated carbocycles. The van der Waals surface area contributed by atoms with Crippen LogP contribution in [0.3, 0.4) is 0 Å². The Bertz CT molecular complexity index is 628. The van der Waals surface area contributed by atoms with Crippen molar-refractivity contribution in [3.63, 3.8) is 0 Å². The standard InChI is InChI=1S/C12H11N3O/c1-4-11-8(2)15(9(3)14-11)10-5-6-13-12(16)7-10/h1,5-7H,2-3H3,(H,13,16). The van der Waals surface area contributed by atoms with Crippen molar-refractivity contribution < 1.29 is 0 Å². The second kappa shape index (κ2) is 3.70. The molecule has 2 rings (SSSR count). The van der Waals surface area contributed by atoms with E-state index >= 15 is 0 Å². The predicted octanol–water partition coefficient (Wildman–Crippen LogP) is 1.16. The fourth-order valence-electron chi connectivity index (χ4n) is 1.73. The van der Waals surface area contributed by atoms with Crippen LogP contribution in [-0.2, 0) is 0 Å². The SMILES string of the molecule is C#Cc1nc(C)n(-c2cc[nH]c(=O)c2)c1C. The van der Waals surface area contributed by atoms with Crippen LogP contribution in [0, 0.1) is 26.2 Å². The lowest BCUT2D eigenvalue weighted by molar-refractivity contribution is 0.933. The molecule has 80 valence electrons. The summed E-state index contributed by atoms with van der Waals surface area (Å²) in [6.45, 7) is 3.74. The molecule has 0 aromatic carbocycles. The number of nitrogens with zero attached hydrogens (tertiary/aromatic N) is 2. The first-order valence-electron chi connectivity index (χ1n) is 4.85. The molecule has 16 heavy (non-hydrogen) atoms. The van der Waals surface area contributed by atoms with Crippen LogP contribution in [0.4, 0.5) is 0 Å². The lowest BCUT2D eigenvalue weighted by Gasteiger charge is -2.06. The molecule has 0 atom stereocenters. The first kappa shape index (κ1) is 10.2. The summed E-state index contributed by atoms with van der Waals surface area (Å²) < 4.78 is 1.87. The van der Waals surface area contributed by atoms with Gasteiger partial charge < -0.3 is 4.98 Å². The van der Waals surface area contributed by atoms with E-state index in [0.29, 0.717) is 5.69 Å². The highest BCUT2D eigenvalue weighted by atomic mass is 16.1. The fraction of sp³-hybridized carbons (Fsp3) is 0.167. The molecule has 0 amide bonds. The van der Waals surface area contributed by atoms with E-state index in [1.165, 1.54) is 6.07 Å². The number of H-pyrrole nitrogens is 1. The molecule has 0 aliphatic heterocycles. The highest BCUT2D eigenvalue weighted by Gasteiger charge is 2.10. The highest BCUT2D eigenvalue weighted by molar-refractivity contribution is 5.40. The summed E-state index contributed by atoms with van der Waals surface area (Å²) in [5.41, 5.74) is 2.10. The lowest BCUT2D eigenvalue weighted by atomic mass is 10.3. The number of aromatic amines is 1. The van der Waals surface area contributed by atoms with Crippen LogP contribution < -0.4 is 5.56 Å². The van der Waals surface area contributed by atoms with E-state index in [-0.39, 0.29) is 5.56 Å². The number of terminal acetylenes is 1. The maximum absolute atomic E-state index is 11.2. The third-order valence-corrected chi connectivity index (χ3v) is 2.43. The van der Waals surface area contributed by atoms with E-state index in [1.54, 1.807) is 6.20 Å². The van der Waals surface area contributed by atoms with E-state index in [1.807, 2.05) is 24.5 Å². The Labute approximate surface area is 93.0 Å². The molecule has 4 heteroatoms. The van der Waals surface area contributed by atoms with Gasteiger partial charge in [-0.05, 0) is 25.8 Å². The molecule has 0 aliphatic carbocycles. The van der Waals surface area contributed by atoms with Gasteiger partial charge in [0.25, 0.3) is 0 Å². The number of nitrogens with one attached hydrogen (secondary N) is 1. The van der Waals surface area contributed by atoms with Gasteiger partial charge in [0.05, 0.1) is 11.4 Å². The third kappa shape index (κ3) is 1.52. The number of aryl methyl sites for hydroxylation is 1. The Hall–Kier alpha value is -2.28. The van der Waals surface area contributed by atoms with Gasteiger partial charge in [0.2, 0.25) is 5.56 Å². The van der Waals surface area contributed by atoms with Crippen LogP contribution in [0.2, 0.25) is 0 Å². The first-order chi connectivity index (χ1) is 7.63. The van der Waals surface area contributed by atoms with Crippen LogP contribution in [0.15, 0.2) is 23.1 Å². The summed E-state index contributed by atoms with van der Waals surface area (Å²) in [5.74, 6) is 3.30. The van der Waals surface area contributed by atoms with E-state index in [0.717, 1.165) is 17.2 Å². The molecule has 0 spiro atoms. The van der Waals surface area contributed by atoms with Crippen LogP contribution in [-0.4, -0.2) is 14.5 Å². The molecular weight excluding hydrogens is 202 g/mol. The molecule has 0 aliphatic rings. The number of imidazole rings is 1. The summed E-state index contributed by atoms with van der Waals surface area (Å²) in [4.78, 5) is 18.1. The van der Waals surface area contributed by atoms with Crippen molar-refractivity contribution in [2.75, 3.05) is 0 Å². The van der Waals surface area contributed by atoms with Gasteiger partial charge in [-0.15, -0.1) is 6.42 Å². The average molecular weight is 213 g/mol. The van der Waals surface area contributed by atoms with Gasteiger partial charge in [0, 0.05) is 12.3 Å². The van der Waals surface area contributed by atoms with Gasteiger partial charge in [-0.25, -0.2) is 4.98 Å². The first-order valence-corrected chi connectivity index (χ1v) is 4.85. The van der Waals surface area contributed by atoms with E-state index in [9.17, 15) is 4.79 Å². The van der Waals surface area contributed by atoms with E-state index < -0.39 is 0 Å². The number of hydrogen-bond acceptors (Lipinski definition) is 2. The predicted molar refractivity (Wildman–Crippen MR) is 61.6 cm³/mol. The van der Waals surface area contributed by atoms with Gasteiger partial charge in [-0.2, -0.15) is 0 Å². The number of rotatable bonds is 1. The van der Waals surface area contributed by atoms with Crippen molar-refractivity contribution >= 4 is 0 Å². The van der Waals surface area contributed by atoms with Gasteiger partial charge in [-0.3, -0.25) is 9.36 Å². The topological polar surface area (TPSA) is 50.7 Å². The summed E-state index contributed by atoms with van der Waals surface area (Å²) in [7, 11) is 0. The Kier molecular flexibility index (Phi) is 2.37. The molecule has 2 heterocycles. The molecule has 1 N–H and O–H groups in total. The van der Waals surface area contributed by atoms with Crippen molar-refractivity contribution in [3.05, 3.63) is 45.9 Å². The molecule has 0 saturated heterocycles.